The third-order valence-electron chi connectivity index (χ3n) is 2.78. The number of nitriles is 2. The van der Waals surface area contributed by atoms with Crippen LogP contribution in [0.1, 0.15) is 33.1 Å². The van der Waals surface area contributed by atoms with E-state index >= 15 is 0 Å². The Hall–Kier alpha value is -2.44. The van der Waals surface area contributed by atoms with Crippen molar-refractivity contribution in [1.82, 2.24) is 0 Å². The predicted octanol–water partition coefficient (Wildman–Crippen LogP) is 1.14. The summed E-state index contributed by atoms with van der Waals surface area (Å²) in [6.07, 6.45) is -6.41. The van der Waals surface area contributed by atoms with E-state index in [1.165, 1.54) is 0 Å². The van der Waals surface area contributed by atoms with Gasteiger partial charge in [0, 0.05) is 44.6 Å². The van der Waals surface area contributed by atoms with Crippen LogP contribution in [-0.4, -0.2) is 59.8 Å². The molecule has 0 aromatic carbocycles. The highest BCUT2D eigenvalue weighted by Gasteiger charge is 2.43. The second-order valence-corrected chi connectivity index (χ2v) is 6.38. The van der Waals surface area contributed by atoms with Crippen LogP contribution in [0.2, 0.25) is 0 Å². The molecule has 154 valence electrons. The van der Waals surface area contributed by atoms with Crippen molar-refractivity contribution in [3.63, 3.8) is 0 Å². The first kappa shape index (κ1) is 18.9. The van der Waals surface area contributed by atoms with Gasteiger partial charge in [-0.2, -0.15) is 10.5 Å². The third-order valence-corrected chi connectivity index (χ3v) is 4.03. The Morgan fingerprint density at radius 3 is 1.36 bits per heavy atom. The average Bonchev–Trinajstić information content (AvgIpc) is 2.80. The molecule has 0 fully saturated rings. The molecular formula is C16H20N2O8S2. The molecule has 0 N–H and O–H groups in total. The lowest BCUT2D eigenvalue weighted by Gasteiger charge is -2.34. The number of hydrogen-bond acceptors (Lipinski definition) is 12. The molecular weight excluding hydrogens is 412 g/mol. The highest BCUT2D eigenvalue weighted by Crippen LogP contribution is 2.23. The van der Waals surface area contributed by atoms with E-state index in [9.17, 15) is 19.2 Å². The molecule has 0 heterocycles. The second-order valence-electron chi connectivity index (χ2n) is 4.77. The maximum atomic E-state index is 11.9. The lowest BCUT2D eigenvalue weighted by molar-refractivity contribution is -0.194. The molecule has 0 bridgehead atoms. The van der Waals surface area contributed by atoms with Gasteiger partial charge in [-0.3, -0.25) is 19.2 Å². The Morgan fingerprint density at radius 2 is 1.07 bits per heavy atom. The Kier molecular flexibility index (Phi) is 9.24. The molecule has 0 aliphatic rings. The van der Waals surface area contributed by atoms with Crippen molar-refractivity contribution in [3.8, 4) is 10.8 Å². The zero-order chi connectivity index (χ0) is 24.5. The first-order valence-electron chi connectivity index (χ1n) is 10.1. The summed E-state index contributed by atoms with van der Waals surface area (Å²) in [4.78, 5) is 47.3. The van der Waals surface area contributed by atoms with E-state index in [0.29, 0.717) is 23.5 Å². The van der Waals surface area contributed by atoms with Gasteiger partial charge in [-0.25, -0.2) is 0 Å². The van der Waals surface area contributed by atoms with Crippen LogP contribution in [0.5, 0.6) is 0 Å². The largest absolute Gasteiger partial charge is 0.458 e. The van der Waals surface area contributed by atoms with Crippen LogP contribution >= 0.6 is 23.5 Å². The molecule has 0 rings (SSSR count). The first-order chi connectivity index (χ1) is 15.3. The zero-order valence-electron chi connectivity index (χ0n) is 18.5. The molecule has 0 spiro atoms. The lowest BCUT2D eigenvalue weighted by Crippen LogP contribution is -2.53. The molecule has 0 saturated carbocycles. The molecule has 0 unspecified atom stereocenters. The third kappa shape index (κ3) is 10.6. The van der Waals surface area contributed by atoms with Gasteiger partial charge >= 0.3 is 23.9 Å². The Morgan fingerprint density at radius 1 is 0.750 bits per heavy atom. The Bertz CT molecular complexity index is 674. The van der Waals surface area contributed by atoms with Crippen molar-refractivity contribution < 1.29 is 43.6 Å². The lowest BCUT2D eigenvalue weighted by atomic mass is 10.0. The minimum atomic E-state index is -1.72. The smallest absolute Gasteiger partial charge is 0.303 e. The monoisotopic (exact) mass is 436 g/mol. The van der Waals surface area contributed by atoms with Gasteiger partial charge in [0.15, 0.2) is 24.4 Å². The fourth-order valence-electron chi connectivity index (χ4n) is 1.98. The van der Waals surface area contributed by atoms with Crippen LogP contribution in [0, 0.1) is 21.3 Å². The summed E-state index contributed by atoms with van der Waals surface area (Å²) >= 11 is 1.16. The molecule has 0 amide bonds. The maximum absolute atomic E-state index is 11.9. The van der Waals surface area contributed by atoms with Gasteiger partial charge in [0.25, 0.3) is 0 Å². The van der Waals surface area contributed by atoms with Crippen LogP contribution < -0.4 is 0 Å². The van der Waals surface area contributed by atoms with Crippen LogP contribution in [0.4, 0.5) is 0 Å². The normalized spacial score (nSPS) is 16.1. The van der Waals surface area contributed by atoms with E-state index in [1.54, 1.807) is 10.8 Å². The molecule has 0 aromatic heterocycles. The summed E-state index contributed by atoms with van der Waals surface area (Å²) in [6, 6.07) is 0. The van der Waals surface area contributed by atoms with E-state index in [2.05, 4.69) is 0 Å². The zero-order valence-corrected chi connectivity index (χ0v) is 16.2. The number of thiocyanates is 2. The minimum absolute atomic E-state index is 0.322. The van der Waals surface area contributed by atoms with Gasteiger partial charge in [0.05, 0.1) is 0 Å². The standard InChI is InChI=1S/C16H20N2O8S2/c1-9(19)23-13(5-27-7-17)15(25-11(3)21)16(26-12(4)22)14(6-28-8-18)24-10(2)20/h13-16H,5-6H2,1-4H3/t13-,14-,15-,16-/m1/s1/i1D,2D,3D,4D. The van der Waals surface area contributed by atoms with Gasteiger partial charge in [0.1, 0.15) is 10.8 Å². The second kappa shape index (κ2) is 13.7. The predicted molar refractivity (Wildman–Crippen MR) is 98.4 cm³/mol. The van der Waals surface area contributed by atoms with Crippen LogP contribution in [0.25, 0.3) is 0 Å². The molecule has 28 heavy (non-hydrogen) atoms. The molecule has 0 aromatic rings. The van der Waals surface area contributed by atoms with E-state index in [4.69, 9.17) is 35.0 Å². The van der Waals surface area contributed by atoms with Gasteiger partial charge < -0.3 is 18.9 Å². The number of rotatable bonds is 11. The van der Waals surface area contributed by atoms with Crippen molar-refractivity contribution in [3.05, 3.63) is 0 Å². The van der Waals surface area contributed by atoms with E-state index in [-0.39, 0.29) is 11.5 Å². The molecule has 12 heteroatoms. The number of esters is 4. The van der Waals surface area contributed by atoms with Crippen molar-refractivity contribution >= 4 is 47.4 Å². The van der Waals surface area contributed by atoms with Crippen LogP contribution in [0.15, 0.2) is 0 Å². The van der Waals surface area contributed by atoms with E-state index < -0.39 is 75.9 Å². The summed E-state index contributed by atoms with van der Waals surface area (Å²) in [5, 5.41) is 21.2. The molecule has 0 saturated heterocycles. The van der Waals surface area contributed by atoms with Gasteiger partial charge in [-0.05, 0) is 23.5 Å². The summed E-state index contributed by atoms with van der Waals surface area (Å²) < 4.78 is 49.0. The average molecular weight is 437 g/mol. The maximum Gasteiger partial charge on any atom is 0.303 e. The van der Waals surface area contributed by atoms with Crippen molar-refractivity contribution in [1.29, 1.82) is 10.5 Å². The highest BCUT2D eigenvalue weighted by atomic mass is 32.2. The minimum Gasteiger partial charge on any atom is -0.458 e. The van der Waals surface area contributed by atoms with Crippen LogP contribution in [0.3, 0.4) is 0 Å². The number of nitrogens with zero attached hydrogens (tertiary/aromatic N) is 2. The molecule has 0 aliphatic heterocycles. The molecule has 10 nitrogen and oxygen atoms in total. The van der Waals surface area contributed by atoms with Crippen molar-refractivity contribution in [2.24, 2.45) is 0 Å². The number of ether oxygens (including phenoxy) is 4. The fraction of sp³-hybridized carbons (Fsp3) is 0.625. The topological polar surface area (TPSA) is 153 Å². The van der Waals surface area contributed by atoms with Gasteiger partial charge in [-0.15, -0.1) is 0 Å². The van der Waals surface area contributed by atoms with E-state index in [0.717, 1.165) is 0 Å². The van der Waals surface area contributed by atoms with Crippen molar-refractivity contribution in [2.45, 2.75) is 52.0 Å². The summed E-state index contributed by atoms with van der Waals surface area (Å²) in [5.41, 5.74) is 0. The number of carbonyl (C=O) groups excluding carboxylic acids is 4. The molecule has 0 radical (unpaired) electrons. The Labute approximate surface area is 176 Å². The van der Waals surface area contributed by atoms with Gasteiger partial charge in [-0.1, -0.05) is 0 Å². The number of hydrogen-bond donors (Lipinski definition) is 0. The number of carbonyl (C=O) groups is 4. The SMILES string of the molecule is [2H]CC(=O)O[C@@H]([C@H](OC(=O)C[2H])[C@@H](CSC#N)OC(=O)C[2H])[C@@H](CSC#N)OC(=O)C[2H]. The summed E-state index contributed by atoms with van der Waals surface area (Å²) in [5.74, 6) is -5.08. The highest BCUT2D eigenvalue weighted by molar-refractivity contribution is 8.03. The molecule has 0 aliphatic carbocycles. The molecule has 4 atom stereocenters. The fourth-order valence-corrected chi connectivity index (χ4v) is 2.97. The quantitative estimate of drug-likeness (QED) is 0.259. The van der Waals surface area contributed by atoms with E-state index in [1.807, 2.05) is 0 Å². The van der Waals surface area contributed by atoms with Crippen LogP contribution in [-0.2, 0) is 38.1 Å². The Balaban J connectivity index is 6.40. The number of thioether (sulfide) groups is 2. The summed E-state index contributed by atoms with van der Waals surface area (Å²) in [7, 11) is 0. The van der Waals surface area contributed by atoms with Gasteiger partial charge in [0.2, 0.25) is 0 Å². The van der Waals surface area contributed by atoms with Crippen molar-refractivity contribution in [2.75, 3.05) is 11.5 Å². The first-order valence-corrected chi connectivity index (χ1v) is 9.21. The summed E-state index contributed by atoms with van der Waals surface area (Å²) in [6.45, 7) is -3.43.